The van der Waals surface area contributed by atoms with Gasteiger partial charge >= 0.3 is 0 Å². The molecule has 3 heterocycles. The van der Waals surface area contributed by atoms with Crippen LogP contribution in [0.4, 0.5) is 4.39 Å². The predicted octanol–water partition coefficient (Wildman–Crippen LogP) is 3.48. The number of nitrogens with one attached hydrogen (secondary N) is 1. The fourth-order valence-corrected chi connectivity index (χ4v) is 3.32. The molecule has 29 heavy (non-hydrogen) atoms. The smallest absolute Gasteiger partial charge is 0.190 e. The monoisotopic (exact) mass is 389 g/mol. The number of hydrogen-bond acceptors (Lipinski definition) is 6. The lowest BCUT2D eigenvalue weighted by Gasteiger charge is -2.16. The van der Waals surface area contributed by atoms with E-state index in [1.807, 2.05) is 24.3 Å². The largest absolute Gasteiger partial charge is 0.470 e. The molecule has 0 saturated carbocycles. The molecule has 3 aliphatic rings. The topological polar surface area (TPSA) is 82.7 Å². The number of allylic oxidation sites excluding steroid dienone is 4. The van der Waals surface area contributed by atoms with Crippen LogP contribution in [0.1, 0.15) is 25.0 Å². The maximum atomic E-state index is 14.1. The average Bonchev–Trinajstić information content (AvgIpc) is 3.02. The molecule has 0 spiro atoms. The number of nitriles is 1. The Kier molecular flexibility index (Phi) is 5.73. The molecule has 1 aliphatic carbocycles. The Morgan fingerprint density at radius 3 is 3.17 bits per heavy atom. The van der Waals surface area contributed by atoms with Crippen molar-refractivity contribution in [2.75, 3.05) is 13.1 Å². The summed E-state index contributed by atoms with van der Waals surface area (Å²) in [5.41, 5.74) is 3.01. The molecular weight excluding hydrogens is 369 g/mol. The Hall–Kier alpha value is -3.37. The lowest BCUT2D eigenvalue weighted by atomic mass is 10.1. The van der Waals surface area contributed by atoms with Gasteiger partial charge in [-0.25, -0.2) is 9.38 Å². The molecule has 2 aliphatic heterocycles. The Balaban J connectivity index is 1.39. The molecule has 7 heteroatoms. The van der Waals surface area contributed by atoms with Crippen LogP contribution in [0.25, 0.3) is 5.70 Å². The van der Waals surface area contributed by atoms with Crippen LogP contribution in [0.5, 0.6) is 0 Å². The van der Waals surface area contributed by atoms with Gasteiger partial charge in [0.05, 0.1) is 6.07 Å². The van der Waals surface area contributed by atoms with Crippen LogP contribution >= 0.6 is 0 Å². The Bertz CT molecular complexity index is 1030. The quantitative estimate of drug-likeness (QED) is 0.755. The molecule has 0 saturated heterocycles. The number of rotatable bonds is 6. The summed E-state index contributed by atoms with van der Waals surface area (Å²) in [5.74, 6) is 0.188. The van der Waals surface area contributed by atoms with Gasteiger partial charge in [0.25, 0.3) is 0 Å². The van der Waals surface area contributed by atoms with Gasteiger partial charge in [0.15, 0.2) is 11.7 Å². The molecule has 0 aromatic carbocycles. The summed E-state index contributed by atoms with van der Waals surface area (Å²) in [6.45, 7) is 1.33. The standard InChI is InChI=1S/C22H20FN5O/c23-17-6-3-9-26-20(17)22-21-18(7-11-27-22)29-19(28-21)8-10-25-14-16-5-2-1-4-15(12-16)13-24/h2-6,9,11-12,18,25H,1,7-8,10,14H2. The van der Waals surface area contributed by atoms with Gasteiger partial charge in [0.1, 0.15) is 23.2 Å². The maximum absolute atomic E-state index is 14.1. The third kappa shape index (κ3) is 4.39. The zero-order valence-corrected chi connectivity index (χ0v) is 15.8. The third-order valence-corrected chi connectivity index (χ3v) is 4.71. The van der Waals surface area contributed by atoms with Gasteiger partial charge in [-0.15, -0.1) is 0 Å². The lowest BCUT2D eigenvalue weighted by Crippen LogP contribution is -2.22. The molecule has 4 rings (SSSR count). The van der Waals surface area contributed by atoms with Gasteiger partial charge < -0.3 is 10.1 Å². The van der Waals surface area contributed by atoms with E-state index in [4.69, 9.17) is 10.00 Å². The second-order valence-corrected chi connectivity index (χ2v) is 6.78. The van der Waals surface area contributed by atoms with Crippen LogP contribution in [-0.2, 0) is 4.74 Å². The predicted molar refractivity (Wildman–Crippen MR) is 110 cm³/mol. The van der Waals surface area contributed by atoms with E-state index in [9.17, 15) is 4.39 Å². The number of aliphatic imine (C=N–C) groups is 2. The summed E-state index contributed by atoms with van der Waals surface area (Å²) in [6.07, 6.45) is 12.9. The van der Waals surface area contributed by atoms with E-state index in [0.29, 0.717) is 48.8 Å². The first kappa shape index (κ1) is 19.0. The van der Waals surface area contributed by atoms with Gasteiger partial charge in [-0.1, -0.05) is 18.2 Å². The van der Waals surface area contributed by atoms with Crippen molar-refractivity contribution in [3.63, 3.8) is 0 Å². The van der Waals surface area contributed by atoms with E-state index >= 15 is 0 Å². The molecule has 0 bridgehead atoms. The van der Waals surface area contributed by atoms with Gasteiger partial charge in [0, 0.05) is 43.9 Å². The molecule has 0 amide bonds. The molecule has 1 N–H and O–H groups in total. The van der Waals surface area contributed by atoms with Crippen molar-refractivity contribution in [1.82, 2.24) is 10.3 Å². The van der Waals surface area contributed by atoms with E-state index in [2.05, 4.69) is 26.4 Å². The summed E-state index contributed by atoms with van der Waals surface area (Å²) in [6, 6.07) is 5.10. The van der Waals surface area contributed by atoms with Crippen molar-refractivity contribution in [2.45, 2.75) is 25.4 Å². The molecule has 0 fully saturated rings. The first-order chi connectivity index (χ1) is 14.2. The summed E-state index contributed by atoms with van der Waals surface area (Å²) < 4.78 is 20.1. The van der Waals surface area contributed by atoms with Crippen molar-refractivity contribution in [3.8, 4) is 6.07 Å². The summed E-state index contributed by atoms with van der Waals surface area (Å²) in [7, 11) is 0. The first-order valence-electron chi connectivity index (χ1n) is 9.54. The Labute approximate surface area is 168 Å². The van der Waals surface area contributed by atoms with Crippen LogP contribution in [0, 0.1) is 17.1 Å². The SMILES string of the molecule is N#CC1=CCC=CC(CNCCC2=NC3=C(c4ncccc4F)N=CCC3O2)=C1. The first-order valence-corrected chi connectivity index (χ1v) is 9.54. The highest BCUT2D eigenvalue weighted by Gasteiger charge is 2.31. The van der Waals surface area contributed by atoms with Crippen molar-refractivity contribution in [3.05, 3.63) is 71.0 Å². The summed E-state index contributed by atoms with van der Waals surface area (Å²) in [4.78, 5) is 13.0. The highest BCUT2D eigenvalue weighted by atomic mass is 19.1. The zero-order chi connectivity index (χ0) is 20.1. The van der Waals surface area contributed by atoms with Gasteiger partial charge in [0.2, 0.25) is 0 Å². The highest BCUT2D eigenvalue weighted by molar-refractivity contribution is 5.87. The van der Waals surface area contributed by atoms with Gasteiger partial charge in [-0.2, -0.15) is 5.26 Å². The van der Waals surface area contributed by atoms with E-state index in [-0.39, 0.29) is 11.8 Å². The Morgan fingerprint density at radius 2 is 2.31 bits per heavy atom. The molecule has 146 valence electrons. The molecule has 1 atom stereocenters. The minimum absolute atomic E-state index is 0.198. The van der Waals surface area contributed by atoms with Crippen LogP contribution in [0.2, 0.25) is 0 Å². The van der Waals surface area contributed by atoms with Gasteiger partial charge in [-0.05, 0) is 30.2 Å². The second kappa shape index (κ2) is 8.76. The number of aromatic nitrogens is 1. The fraction of sp³-hybridized carbons (Fsp3) is 0.273. The second-order valence-electron chi connectivity index (χ2n) is 6.78. The number of pyridine rings is 1. The van der Waals surface area contributed by atoms with Crippen molar-refractivity contribution >= 4 is 17.8 Å². The molecular formula is C22H20FN5O. The zero-order valence-electron chi connectivity index (χ0n) is 15.8. The number of ether oxygens (including phenoxy) is 1. The van der Waals surface area contributed by atoms with E-state index < -0.39 is 5.82 Å². The summed E-state index contributed by atoms with van der Waals surface area (Å²) >= 11 is 0. The number of nitrogens with zero attached hydrogens (tertiary/aromatic N) is 4. The van der Waals surface area contributed by atoms with E-state index in [0.717, 1.165) is 12.0 Å². The summed E-state index contributed by atoms with van der Waals surface area (Å²) in [5, 5.41) is 12.4. The maximum Gasteiger partial charge on any atom is 0.190 e. The number of hydrogen-bond donors (Lipinski definition) is 1. The molecule has 0 radical (unpaired) electrons. The normalized spacial score (nSPS) is 20.3. The minimum atomic E-state index is -0.423. The Morgan fingerprint density at radius 1 is 1.38 bits per heavy atom. The third-order valence-electron chi connectivity index (χ3n) is 4.71. The highest BCUT2D eigenvalue weighted by Crippen LogP contribution is 2.33. The van der Waals surface area contributed by atoms with Crippen molar-refractivity contribution < 1.29 is 9.13 Å². The molecule has 1 unspecified atom stereocenters. The number of fused-ring (bicyclic) bond motifs is 1. The van der Waals surface area contributed by atoms with Crippen LogP contribution in [-0.4, -0.2) is 36.3 Å². The number of halogens is 1. The van der Waals surface area contributed by atoms with Crippen LogP contribution in [0.3, 0.4) is 0 Å². The fourth-order valence-electron chi connectivity index (χ4n) is 3.32. The van der Waals surface area contributed by atoms with E-state index in [1.165, 1.54) is 6.07 Å². The average molecular weight is 389 g/mol. The van der Waals surface area contributed by atoms with Crippen molar-refractivity contribution in [1.29, 1.82) is 5.26 Å². The van der Waals surface area contributed by atoms with Gasteiger partial charge in [-0.3, -0.25) is 9.98 Å². The molecule has 1 aromatic heterocycles. The van der Waals surface area contributed by atoms with Crippen LogP contribution < -0.4 is 5.32 Å². The molecule has 6 nitrogen and oxygen atoms in total. The minimum Gasteiger partial charge on any atom is -0.470 e. The van der Waals surface area contributed by atoms with Crippen molar-refractivity contribution in [2.24, 2.45) is 9.98 Å². The van der Waals surface area contributed by atoms with E-state index in [1.54, 1.807) is 18.5 Å². The molecule has 1 aromatic rings. The van der Waals surface area contributed by atoms with Crippen LogP contribution in [0.15, 0.2) is 69.5 Å². The lowest BCUT2D eigenvalue weighted by molar-refractivity contribution is 0.246.